The van der Waals surface area contributed by atoms with E-state index in [9.17, 15) is 13.2 Å². The van der Waals surface area contributed by atoms with E-state index in [1.807, 2.05) is 0 Å². The van der Waals surface area contributed by atoms with Gasteiger partial charge >= 0.3 is 6.18 Å². The molecule has 3 rings (SSSR count). The molecule has 24 heavy (non-hydrogen) atoms. The number of ether oxygens (including phenoxy) is 1. The Hall–Kier alpha value is -1.75. The predicted molar refractivity (Wildman–Crippen MR) is 79.9 cm³/mol. The summed E-state index contributed by atoms with van der Waals surface area (Å²) in [5, 5.41) is 11.8. The summed E-state index contributed by atoms with van der Waals surface area (Å²) in [5.41, 5.74) is 0.719. The topological polar surface area (TPSA) is 69.2 Å². The molecule has 0 aromatic carbocycles. The van der Waals surface area contributed by atoms with Crippen LogP contribution in [0.1, 0.15) is 11.5 Å². The summed E-state index contributed by atoms with van der Waals surface area (Å²) in [5.74, 6) is 1.12. The van der Waals surface area contributed by atoms with Gasteiger partial charge in [-0.15, -0.1) is 10.2 Å². The zero-order valence-corrected chi connectivity index (χ0v) is 13.7. The Balaban J connectivity index is 1.80. The van der Waals surface area contributed by atoms with Gasteiger partial charge in [0.2, 0.25) is 5.95 Å². The molecule has 0 amide bonds. The van der Waals surface area contributed by atoms with Gasteiger partial charge in [-0.05, 0) is 6.92 Å². The van der Waals surface area contributed by atoms with Gasteiger partial charge in [-0.25, -0.2) is 0 Å². The lowest BCUT2D eigenvalue weighted by Gasteiger charge is -2.28. The minimum atomic E-state index is -4.36. The number of nitrogens with zero attached hydrogens (tertiary/aromatic N) is 5. The van der Waals surface area contributed by atoms with Gasteiger partial charge in [0.1, 0.15) is 12.3 Å². The summed E-state index contributed by atoms with van der Waals surface area (Å²) < 4.78 is 50.3. The molecule has 0 aliphatic carbocycles. The van der Waals surface area contributed by atoms with Gasteiger partial charge in [-0.2, -0.15) is 13.2 Å². The molecular weight excluding hydrogens is 347 g/mol. The first-order valence-corrected chi connectivity index (χ1v) is 8.28. The maximum Gasteiger partial charge on any atom is 0.406 e. The first kappa shape index (κ1) is 17.1. The normalized spacial score (nSPS) is 15.9. The van der Waals surface area contributed by atoms with Crippen molar-refractivity contribution < 1.29 is 22.4 Å². The number of anilines is 1. The van der Waals surface area contributed by atoms with Crippen LogP contribution in [-0.4, -0.2) is 52.4 Å². The van der Waals surface area contributed by atoms with E-state index in [1.54, 1.807) is 17.9 Å². The number of morpholine rings is 1. The lowest BCUT2D eigenvalue weighted by atomic mass is 10.4. The Kier molecular flexibility index (Phi) is 4.99. The first-order chi connectivity index (χ1) is 11.4. The van der Waals surface area contributed by atoms with Gasteiger partial charge in [0.05, 0.1) is 24.7 Å². The van der Waals surface area contributed by atoms with Crippen LogP contribution in [0.3, 0.4) is 0 Å². The van der Waals surface area contributed by atoms with Gasteiger partial charge in [0, 0.05) is 19.2 Å². The molecule has 2 aromatic rings. The van der Waals surface area contributed by atoms with E-state index in [1.165, 1.54) is 0 Å². The van der Waals surface area contributed by atoms with Crippen LogP contribution < -0.4 is 4.90 Å². The number of aromatic nitrogens is 4. The second-order valence-electron chi connectivity index (χ2n) is 5.31. The summed E-state index contributed by atoms with van der Waals surface area (Å²) in [6.45, 7) is 2.53. The van der Waals surface area contributed by atoms with Crippen molar-refractivity contribution in [1.29, 1.82) is 0 Å². The quantitative estimate of drug-likeness (QED) is 0.755. The highest BCUT2D eigenvalue weighted by Gasteiger charge is 2.32. The molecule has 2 aromatic heterocycles. The summed E-state index contributed by atoms with van der Waals surface area (Å²) in [6, 6.07) is 1.74. The monoisotopic (exact) mass is 363 g/mol. The minimum Gasteiger partial charge on any atom is -0.378 e. The number of alkyl halides is 3. The van der Waals surface area contributed by atoms with E-state index >= 15 is 0 Å². The Labute approximate surface area is 140 Å². The van der Waals surface area contributed by atoms with Crippen LogP contribution in [0.2, 0.25) is 0 Å². The molecule has 0 radical (unpaired) electrons. The maximum absolute atomic E-state index is 13.0. The second kappa shape index (κ2) is 7.01. The van der Waals surface area contributed by atoms with Crippen LogP contribution in [0.15, 0.2) is 15.7 Å². The second-order valence-corrected chi connectivity index (χ2v) is 6.25. The van der Waals surface area contributed by atoms with E-state index in [4.69, 9.17) is 9.26 Å². The Morgan fingerprint density at radius 1 is 1.25 bits per heavy atom. The number of aryl methyl sites for hydroxylation is 1. The fraction of sp³-hybridized carbons (Fsp3) is 0.615. The zero-order chi connectivity index (χ0) is 17.2. The smallest absolute Gasteiger partial charge is 0.378 e. The number of thioether (sulfide) groups is 1. The predicted octanol–water partition coefficient (Wildman–Crippen LogP) is 2.27. The summed E-state index contributed by atoms with van der Waals surface area (Å²) in [6.07, 6.45) is -4.36. The van der Waals surface area contributed by atoms with Crippen LogP contribution in [0.4, 0.5) is 19.1 Å². The van der Waals surface area contributed by atoms with Gasteiger partial charge in [0.25, 0.3) is 0 Å². The number of hydrogen-bond donors (Lipinski definition) is 0. The maximum atomic E-state index is 13.0. The number of rotatable bonds is 5. The molecule has 0 N–H and O–H groups in total. The van der Waals surface area contributed by atoms with Gasteiger partial charge in [0.15, 0.2) is 5.16 Å². The zero-order valence-electron chi connectivity index (χ0n) is 12.9. The molecule has 0 unspecified atom stereocenters. The highest BCUT2D eigenvalue weighted by molar-refractivity contribution is 7.98. The van der Waals surface area contributed by atoms with Crippen molar-refractivity contribution in [1.82, 2.24) is 19.9 Å². The molecular formula is C13H16F3N5O2S. The van der Waals surface area contributed by atoms with Gasteiger partial charge in [-0.3, -0.25) is 4.57 Å². The van der Waals surface area contributed by atoms with Crippen molar-refractivity contribution in [2.24, 2.45) is 0 Å². The molecule has 132 valence electrons. The van der Waals surface area contributed by atoms with Crippen molar-refractivity contribution in [2.45, 2.75) is 30.6 Å². The van der Waals surface area contributed by atoms with E-state index < -0.39 is 12.7 Å². The minimum absolute atomic E-state index is 0.197. The van der Waals surface area contributed by atoms with Crippen molar-refractivity contribution in [2.75, 3.05) is 31.2 Å². The first-order valence-electron chi connectivity index (χ1n) is 7.30. The molecule has 0 atom stereocenters. The van der Waals surface area contributed by atoms with E-state index in [0.29, 0.717) is 37.8 Å². The third-order valence-electron chi connectivity index (χ3n) is 3.35. The fourth-order valence-electron chi connectivity index (χ4n) is 2.32. The average molecular weight is 363 g/mol. The van der Waals surface area contributed by atoms with E-state index in [0.717, 1.165) is 22.0 Å². The van der Waals surface area contributed by atoms with Crippen molar-refractivity contribution in [3.8, 4) is 0 Å². The Bertz CT molecular complexity index is 681. The highest BCUT2D eigenvalue weighted by atomic mass is 32.2. The van der Waals surface area contributed by atoms with Crippen LogP contribution in [0, 0.1) is 6.92 Å². The largest absolute Gasteiger partial charge is 0.406 e. The fourth-order valence-corrected chi connectivity index (χ4v) is 3.13. The van der Waals surface area contributed by atoms with Gasteiger partial charge < -0.3 is 14.2 Å². The third kappa shape index (κ3) is 4.20. The average Bonchev–Trinajstić information content (AvgIpc) is 3.11. The summed E-state index contributed by atoms with van der Waals surface area (Å²) in [7, 11) is 0. The van der Waals surface area contributed by atoms with Crippen molar-refractivity contribution >= 4 is 17.7 Å². The molecule has 1 fully saturated rings. The standard InChI is InChI=1S/C13H16F3N5O2S/c1-9-6-10(23-19-9)7-24-12-18-17-11(20-2-4-22-5-3-20)21(12)8-13(14,15)16/h6H,2-5,7-8H2,1H3. The van der Waals surface area contributed by atoms with Crippen molar-refractivity contribution in [3.63, 3.8) is 0 Å². The lowest BCUT2D eigenvalue weighted by Crippen LogP contribution is -2.38. The van der Waals surface area contributed by atoms with E-state index in [2.05, 4.69) is 15.4 Å². The molecule has 0 bridgehead atoms. The van der Waals surface area contributed by atoms with Crippen LogP contribution in [0.25, 0.3) is 0 Å². The van der Waals surface area contributed by atoms with Crippen LogP contribution in [0.5, 0.6) is 0 Å². The molecule has 7 nitrogen and oxygen atoms in total. The molecule has 1 saturated heterocycles. The summed E-state index contributed by atoms with van der Waals surface area (Å²) in [4.78, 5) is 1.75. The molecule has 11 heteroatoms. The SMILES string of the molecule is Cc1cc(CSc2nnc(N3CCOCC3)n2CC(F)(F)F)on1. The summed E-state index contributed by atoms with van der Waals surface area (Å²) >= 11 is 1.14. The van der Waals surface area contributed by atoms with E-state index in [-0.39, 0.29) is 11.1 Å². The van der Waals surface area contributed by atoms with Crippen LogP contribution >= 0.6 is 11.8 Å². The Morgan fingerprint density at radius 3 is 2.62 bits per heavy atom. The lowest BCUT2D eigenvalue weighted by molar-refractivity contribution is -0.141. The Morgan fingerprint density at radius 2 is 2.00 bits per heavy atom. The van der Waals surface area contributed by atoms with Crippen molar-refractivity contribution in [3.05, 3.63) is 17.5 Å². The number of halogens is 3. The molecule has 3 heterocycles. The third-order valence-corrected chi connectivity index (χ3v) is 4.34. The molecule has 0 spiro atoms. The highest BCUT2D eigenvalue weighted by Crippen LogP contribution is 2.29. The molecule has 1 aliphatic heterocycles. The molecule has 1 aliphatic rings. The number of hydrogen-bond acceptors (Lipinski definition) is 7. The molecule has 0 saturated carbocycles. The van der Waals surface area contributed by atoms with Gasteiger partial charge in [-0.1, -0.05) is 16.9 Å². The van der Waals surface area contributed by atoms with Crippen LogP contribution in [-0.2, 0) is 17.0 Å².